The van der Waals surface area contributed by atoms with E-state index >= 15 is 0 Å². The molecule has 2 N–H and O–H groups in total. The normalized spacial score (nSPS) is 27.3. The van der Waals surface area contributed by atoms with Gasteiger partial charge in [0.05, 0.1) is 0 Å². The number of aliphatic hydroxyl groups excluding tert-OH is 1. The lowest BCUT2D eigenvalue weighted by molar-refractivity contribution is 0.119. The molecule has 2 aliphatic heterocycles. The van der Waals surface area contributed by atoms with E-state index in [1.807, 2.05) is 0 Å². The number of aliphatic hydroxyl groups is 1. The minimum Gasteiger partial charge on any atom is -0.396 e. The molecule has 112 valence electrons. The Balaban J connectivity index is 1.83. The lowest BCUT2D eigenvalue weighted by Gasteiger charge is -2.38. The van der Waals surface area contributed by atoms with Gasteiger partial charge in [-0.05, 0) is 77.0 Å². The van der Waals surface area contributed by atoms with E-state index in [9.17, 15) is 0 Å². The van der Waals surface area contributed by atoms with Crippen LogP contribution in [0.2, 0.25) is 0 Å². The zero-order valence-corrected chi connectivity index (χ0v) is 12.4. The molecule has 0 radical (unpaired) electrons. The molecule has 2 rings (SSSR count). The van der Waals surface area contributed by atoms with Gasteiger partial charge < -0.3 is 15.3 Å². The SMILES string of the molecule is OCCCCCN1CCCCCC1C1CCNCC1. The van der Waals surface area contributed by atoms with E-state index in [1.165, 1.54) is 77.5 Å². The van der Waals surface area contributed by atoms with Gasteiger partial charge in [0.25, 0.3) is 0 Å². The van der Waals surface area contributed by atoms with Crippen LogP contribution in [0.4, 0.5) is 0 Å². The second-order valence-electron chi connectivity index (χ2n) is 6.32. The average molecular weight is 268 g/mol. The van der Waals surface area contributed by atoms with Crippen molar-refractivity contribution < 1.29 is 5.11 Å². The topological polar surface area (TPSA) is 35.5 Å². The van der Waals surface area contributed by atoms with Gasteiger partial charge in [0.15, 0.2) is 0 Å². The van der Waals surface area contributed by atoms with Crippen molar-refractivity contribution in [3.05, 3.63) is 0 Å². The Morgan fingerprint density at radius 2 is 1.79 bits per heavy atom. The molecular weight excluding hydrogens is 236 g/mol. The van der Waals surface area contributed by atoms with Crippen LogP contribution in [0.3, 0.4) is 0 Å². The number of nitrogens with one attached hydrogen (secondary N) is 1. The summed E-state index contributed by atoms with van der Waals surface area (Å²) in [7, 11) is 0. The van der Waals surface area contributed by atoms with Crippen molar-refractivity contribution in [1.29, 1.82) is 0 Å². The molecule has 0 amide bonds. The third-order valence-electron chi connectivity index (χ3n) is 4.95. The molecule has 1 unspecified atom stereocenters. The van der Waals surface area contributed by atoms with Crippen LogP contribution in [0.25, 0.3) is 0 Å². The summed E-state index contributed by atoms with van der Waals surface area (Å²) in [4.78, 5) is 2.79. The molecule has 0 aromatic rings. The maximum Gasteiger partial charge on any atom is 0.0431 e. The van der Waals surface area contributed by atoms with Gasteiger partial charge in [-0.15, -0.1) is 0 Å². The number of unbranched alkanes of at least 4 members (excludes halogenated alkanes) is 2. The van der Waals surface area contributed by atoms with Crippen molar-refractivity contribution in [3.8, 4) is 0 Å². The molecule has 0 spiro atoms. The number of nitrogens with zero attached hydrogens (tertiary/aromatic N) is 1. The van der Waals surface area contributed by atoms with Crippen molar-refractivity contribution in [2.75, 3.05) is 32.8 Å². The number of hydrogen-bond acceptors (Lipinski definition) is 3. The summed E-state index contributed by atoms with van der Waals surface area (Å²) in [6.45, 7) is 5.37. The van der Waals surface area contributed by atoms with Crippen molar-refractivity contribution in [3.63, 3.8) is 0 Å². The van der Waals surface area contributed by atoms with Crippen LogP contribution in [0.5, 0.6) is 0 Å². The van der Waals surface area contributed by atoms with E-state index in [1.54, 1.807) is 0 Å². The molecule has 3 nitrogen and oxygen atoms in total. The van der Waals surface area contributed by atoms with E-state index in [4.69, 9.17) is 5.11 Å². The predicted molar refractivity (Wildman–Crippen MR) is 80.4 cm³/mol. The highest BCUT2D eigenvalue weighted by molar-refractivity contribution is 4.84. The van der Waals surface area contributed by atoms with Gasteiger partial charge in [0, 0.05) is 12.6 Å². The second kappa shape index (κ2) is 8.93. The Labute approximate surface area is 118 Å². The van der Waals surface area contributed by atoms with Crippen molar-refractivity contribution >= 4 is 0 Å². The molecule has 0 aliphatic carbocycles. The molecule has 2 heterocycles. The molecule has 1 atom stereocenters. The van der Waals surface area contributed by atoms with Crippen LogP contribution in [0.15, 0.2) is 0 Å². The second-order valence-corrected chi connectivity index (χ2v) is 6.32. The van der Waals surface area contributed by atoms with Gasteiger partial charge in [-0.3, -0.25) is 0 Å². The first kappa shape index (κ1) is 15.3. The van der Waals surface area contributed by atoms with Crippen LogP contribution < -0.4 is 5.32 Å². The van der Waals surface area contributed by atoms with Gasteiger partial charge in [0.1, 0.15) is 0 Å². The maximum atomic E-state index is 8.88. The van der Waals surface area contributed by atoms with Gasteiger partial charge in [-0.25, -0.2) is 0 Å². The molecule has 0 aromatic heterocycles. The lowest BCUT2D eigenvalue weighted by atomic mass is 9.86. The molecule has 2 saturated heterocycles. The first-order valence-electron chi connectivity index (χ1n) is 8.47. The van der Waals surface area contributed by atoms with Crippen molar-refractivity contribution in [1.82, 2.24) is 10.2 Å². The monoisotopic (exact) mass is 268 g/mol. The fourth-order valence-electron chi connectivity index (χ4n) is 3.84. The van der Waals surface area contributed by atoms with Gasteiger partial charge >= 0.3 is 0 Å². The highest BCUT2D eigenvalue weighted by atomic mass is 16.2. The minimum atomic E-state index is 0.359. The number of likely N-dealkylation sites (tertiary alicyclic amines) is 1. The van der Waals surface area contributed by atoms with E-state index in [0.29, 0.717) is 6.61 Å². The van der Waals surface area contributed by atoms with Crippen molar-refractivity contribution in [2.24, 2.45) is 5.92 Å². The quantitative estimate of drug-likeness (QED) is 0.726. The lowest BCUT2D eigenvalue weighted by Crippen LogP contribution is -2.44. The van der Waals surface area contributed by atoms with Crippen LogP contribution in [-0.4, -0.2) is 48.8 Å². The summed E-state index contributed by atoms with van der Waals surface area (Å²) < 4.78 is 0. The fourth-order valence-corrected chi connectivity index (χ4v) is 3.84. The zero-order valence-electron chi connectivity index (χ0n) is 12.4. The minimum absolute atomic E-state index is 0.359. The average Bonchev–Trinajstić information content (AvgIpc) is 2.70. The third kappa shape index (κ3) is 5.05. The Morgan fingerprint density at radius 1 is 0.947 bits per heavy atom. The summed E-state index contributed by atoms with van der Waals surface area (Å²) in [6.07, 6.45) is 11.8. The molecule has 3 heteroatoms. The van der Waals surface area contributed by atoms with E-state index in [2.05, 4.69) is 10.2 Å². The summed E-state index contributed by atoms with van der Waals surface area (Å²) in [5, 5.41) is 12.4. The van der Waals surface area contributed by atoms with Crippen molar-refractivity contribution in [2.45, 2.75) is 63.8 Å². The smallest absolute Gasteiger partial charge is 0.0431 e. The zero-order chi connectivity index (χ0) is 13.3. The molecule has 2 fully saturated rings. The first-order chi connectivity index (χ1) is 9.42. The third-order valence-corrected chi connectivity index (χ3v) is 4.95. The molecule has 0 saturated carbocycles. The number of rotatable bonds is 6. The van der Waals surface area contributed by atoms with Crippen LogP contribution in [-0.2, 0) is 0 Å². The molecule has 2 aliphatic rings. The van der Waals surface area contributed by atoms with Gasteiger partial charge in [-0.2, -0.15) is 0 Å². The Bertz CT molecular complexity index is 229. The standard InChI is InChI=1S/C16H32N2O/c19-14-6-2-5-13-18-12-4-1-3-7-16(18)15-8-10-17-11-9-15/h15-17,19H,1-14H2. The van der Waals surface area contributed by atoms with Crippen LogP contribution >= 0.6 is 0 Å². The molecule has 0 bridgehead atoms. The molecule has 0 aromatic carbocycles. The van der Waals surface area contributed by atoms with Gasteiger partial charge in [0.2, 0.25) is 0 Å². The molecule has 19 heavy (non-hydrogen) atoms. The Morgan fingerprint density at radius 3 is 2.58 bits per heavy atom. The number of piperidine rings is 1. The highest BCUT2D eigenvalue weighted by Gasteiger charge is 2.29. The van der Waals surface area contributed by atoms with E-state index in [-0.39, 0.29) is 0 Å². The summed E-state index contributed by atoms with van der Waals surface area (Å²) in [6, 6.07) is 0.846. The summed E-state index contributed by atoms with van der Waals surface area (Å²) >= 11 is 0. The van der Waals surface area contributed by atoms with E-state index in [0.717, 1.165) is 18.4 Å². The molecular formula is C16H32N2O. The Kier molecular flexibility index (Phi) is 7.18. The fraction of sp³-hybridized carbons (Fsp3) is 1.00. The summed E-state index contributed by atoms with van der Waals surface area (Å²) in [5.74, 6) is 0.928. The van der Waals surface area contributed by atoms with Gasteiger partial charge in [-0.1, -0.05) is 12.8 Å². The Hall–Kier alpha value is -0.120. The van der Waals surface area contributed by atoms with Crippen LogP contribution in [0.1, 0.15) is 57.8 Å². The number of hydrogen-bond donors (Lipinski definition) is 2. The largest absolute Gasteiger partial charge is 0.396 e. The van der Waals surface area contributed by atoms with Crippen LogP contribution in [0, 0.1) is 5.92 Å². The highest BCUT2D eigenvalue weighted by Crippen LogP contribution is 2.28. The maximum absolute atomic E-state index is 8.88. The first-order valence-corrected chi connectivity index (χ1v) is 8.47. The van der Waals surface area contributed by atoms with E-state index < -0.39 is 0 Å². The summed E-state index contributed by atoms with van der Waals surface area (Å²) in [5.41, 5.74) is 0. The predicted octanol–water partition coefficient (Wildman–Crippen LogP) is 2.39.